The molecule has 0 N–H and O–H groups in total. The number of benzene rings is 1. The number of ether oxygens (including phenoxy) is 1. The summed E-state index contributed by atoms with van der Waals surface area (Å²) in [6.45, 7) is 10.9. The van der Waals surface area contributed by atoms with E-state index in [1.165, 1.54) is 0 Å². The van der Waals surface area contributed by atoms with Gasteiger partial charge < -0.3 is 14.5 Å². The van der Waals surface area contributed by atoms with Gasteiger partial charge in [-0.25, -0.2) is 0 Å². The molecule has 0 unspecified atom stereocenters. The molecule has 0 aromatic heterocycles. The van der Waals surface area contributed by atoms with Crippen LogP contribution in [0.1, 0.15) is 44.5 Å². The average molecular weight is 332 g/mol. The van der Waals surface area contributed by atoms with E-state index in [1.807, 2.05) is 49.6 Å². The van der Waals surface area contributed by atoms with Crippen LogP contribution in [0.25, 0.3) is 0 Å². The Morgan fingerprint density at radius 2 is 1.58 bits per heavy atom. The Kier molecular flexibility index (Phi) is 5.86. The highest BCUT2D eigenvalue weighted by atomic mass is 16.5. The first-order valence-corrected chi connectivity index (χ1v) is 8.64. The SMILES string of the molecule is CCOc1ccc(C(=O)N2CCCN(C(=O)C(C)(C)C)CC2)cc1. The Morgan fingerprint density at radius 3 is 2.17 bits per heavy atom. The third-order valence-corrected chi connectivity index (χ3v) is 4.12. The lowest BCUT2D eigenvalue weighted by molar-refractivity contribution is -0.139. The van der Waals surface area contributed by atoms with Gasteiger partial charge in [0.1, 0.15) is 5.75 Å². The second kappa shape index (κ2) is 7.69. The summed E-state index contributed by atoms with van der Waals surface area (Å²) in [6, 6.07) is 7.25. The van der Waals surface area contributed by atoms with Gasteiger partial charge in [0.05, 0.1) is 6.61 Å². The zero-order chi connectivity index (χ0) is 17.7. The average Bonchev–Trinajstić information content (AvgIpc) is 2.79. The van der Waals surface area contributed by atoms with Crippen LogP contribution in [0.4, 0.5) is 0 Å². The molecule has 0 radical (unpaired) electrons. The van der Waals surface area contributed by atoms with Gasteiger partial charge in [-0.05, 0) is 37.6 Å². The van der Waals surface area contributed by atoms with Crippen LogP contribution < -0.4 is 4.74 Å². The number of carbonyl (C=O) groups excluding carboxylic acids is 2. The number of carbonyl (C=O) groups is 2. The minimum atomic E-state index is -0.381. The molecule has 0 aliphatic carbocycles. The van der Waals surface area contributed by atoms with Crippen LogP contribution in [0.15, 0.2) is 24.3 Å². The van der Waals surface area contributed by atoms with Crippen molar-refractivity contribution >= 4 is 11.8 Å². The summed E-state index contributed by atoms with van der Waals surface area (Å²) < 4.78 is 5.41. The molecule has 24 heavy (non-hydrogen) atoms. The van der Waals surface area contributed by atoms with E-state index in [1.54, 1.807) is 12.1 Å². The number of nitrogens with zero attached hydrogens (tertiary/aromatic N) is 2. The van der Waals surface area contributed by atoms with Gasteiger partial charge in [-0.15, -0.1) is 0 Å². The van der Waals surface area contributed by atoms with Crippen LogP contribution in [-0.2, 0) is 4.79 Å². The summed E-state index contributed by atoms with van der Waals surface area (Å²) in [5.41, 5.74) is 0.280. The maximum Gasteiger partial charge on any atom is 0.253 e. The predicted molar refractivity (Wildman–Crippen MR) is 94.2 cm³/mol. The van der Waals surface area contributed by atoms with Gasteiger partial charge in [0.25, 0.3) is 5.91 Å². The Hall–Kier alpha value is -2.04. The van der Waals surface area contributed by atoms with Gasteiger partial charge in [0.2, 0.25) is 5.91 Å². The molecule has 0 bridgehead atoms. The highest BCUT2D eigenvalue weighted by Crippen LogP contribution is 2.20. The van der Waals surface area contributed by atoms with Crippen LogP contribution in [-0.4, -0.2) is 54.4 Å². The largest absolute Gasteiger partial charge is 0.494 e. The van der Waals surface area contributed by atoms with Crippen molar-refractivity contribution in [2.75, 3.05) is 32.8 Å². The molecule has 5 heteroatoms. The molecule has 1 aliphatic heterocycles. The first kappa shape index (κ1) is 18.3. The molecule has 1 aromatic carbocycles. The quantitative estimate of drug-likeness (QED) is 0.855. The lowest BCUT2D eigenvalue weighted by Crippen LogP contribution is -2.42. The molecule has 0 atom stereocenters. The van der Waals surface area contributed by atoms with Crippen molar-refractivity contribution < 1.29 is 14.3 Å². The number of rotatable bonds is 3. The predicted octanol–water partition coefficient (Wildman–Crippen LogP) is 2.81. The molecule has 2 rings (SSSR count). The van der Waals surface area contributed by atoms with Crippen molar-refractivity contribution in [3.63, 3.8) is 0 Å². The minimum Gasteiger partial charge on any atom is -0.494 e. The van der Waals surface area contributed by atoms with Gasteiger partial charge >= 0.3 is 0 Å². The summed E-state index contributed by atoms with van der Waals surface area (Å²) in [4.78, 5) is 28.8. The Morgan fingerprint density at radius 1 is 1.00 bits per heavy atom. The second-order valence-corrected chi connectivity index (χ2v) is 7.15. The fraction of sp³-hybridized carbons (Fsp3) is 0.579. The van der Waals surface area contributed by atoms with E-state index in [2.05, 4.69) is 0 Å². The summed E-state index contributed by atoms with van der Waals surface area (Å²) in [5.74, 6) is 0.938. The molecule has 2 amide bonds. The third kappa shape index (κ3) is 4.49. The number of hydrogen-bond donors (Lipinski definition) is 0. The molecular weight excluding hydrogens is 304 g/mol. The second-order valence-electron chi connectivity index (χ2n) is 7.15. The van der Waals surface area contributed by atoms with Crippen molar-refractivity contribution in [2.24, 2.45) is 5.41 Å². The van der Waals surface area contributed by atoms with Crippen LogP contribution in [0.2, 0.25) is 0 Å². The molecule has 1 heterocycles. The number of amides is 2. The van der Waals surface area contributed by atoms with E-state index in [0.29, 0.717) is 38.3 Å². The highest BCUT2D eigenvalue weighted by molar-refractivity contribution is 5.94. The molecule has 0 spiro atoms. The van der Waals surface area contributed by atoms with Gasteiger partial charge in [-0.2, -0.15) is 0 Å². The fourth-order valence-electron chi connectivity index (χ4n) is 2.84. The van der Waals surface area contributed by atoms with Crippen molar-refractivity contribution in [3.8, 4) is 5.75 Å². The number of hydrogen-bond acceptors (Lipinski definition) is 3. The van der Waals surface area contributed by atoms with Gasteiger partial charge in [-0.3, -0.25) is 9.59 Å². The first-order chi connectivity index (χ1) is 11.3. The normalized spacial score (nSPS) is 15.8. The molecule has 5 nitrogen and oxygen atoms in total. The zero-order valence-corrected chi connectivity index (χ0v) is 15.2. The molecule has 1 aromatic rings. The van der Waals surface area contributed by atoms with Gasteiger partial charge in [0, 0.05) is 37.2 Å². The third-order valence-electron chi connectivity index (χ3n) is 4.12. The van der Waals surface area contributed by atoms with Crippen molar-refractivity contribution in [1.82, 2.24) is 9.80 Å². The maximum absolute atomic E-state index is 12.7. The zero-order valence-electron chi connectivity index (χ0n) is 15.2. The van der Waals surface area contributed by atoms with Crippen molar-refractivity contribution in [3.05, 3.63) is 29.8 Å². The molecular formula is C19H28N2O3. The summed E-state index contributed by atoms with van der Waals surface area (Å²) in [5, 5.41) is 0. The minimum absolute atomic E-state index is 0.0168. The summed E-state index contributed by atoms with van der Waals surface area (Å²) in [7, 11) is 0. The van der Waals surface area contributed by atoms with Crippen LogP contribution >= 0.6 is 0 Å². The first-order valence-electron chi connectivity index (χ1n) is 8.64. The molecule has 132 valence electrons. The highest BCUT2D eigenvalue weighted by Gasteiger charge is 2.29. The Labute approximate surface area is 144 Å². The fourth-order valence-corrected chi connectivity index (χ4v) is 2.84. The lowest BCUT2D eigenvalue weighted by atomic mass is 9.94. The molecule has 0 saturated carbocycles. The van der Waals surface area contributed by atoms with Crippen LogP contribution in [0.5, 0.6) is 5.75 Å². The van der Waals surface area contributed by atoms with E-state index in [4.69, 9.17) is 4.74 Å². The lowest BCUT2D eigenvalue weighted by Gasteiger charge is -2.28. The van der Waals surface area contributed by atoms with Crippen molar-refractivity contribution in [1.29, 1.82) is 0 Å². The van der Waals surface area contributed by atoms with Crippen LogP contribution in [0.3, 0.4) is 0 Å². The maximum atomic E-state index is 12.7. The Balaban J connectivity index is 2.00. The Bertz CT molecular complexity index is 575. The van der Waals surface area contributed by atoms with Gasteiger partial charge in [-0.1, -0.05) is 20.8 Å². The van der Waals surface area contributed by atoms with E-state index >= 15 is 0 Å². The van der Waals surface area contributed by atoms with Crippen molar-refractivity contribution in [2.45, 2.75) is 34.1 Å². The monoisotopic (exact) mass is 332 g/mol. The van der Waals surface area contributed by atoms with Gasteiger partial charge in [0.15, 0.2) is 0 Å². The van der Waals surface area contributed by atoms with E-state index in [0.717, 1.165) is 12.2 Å². The molecule has 1 saturated heterocycles. The smallest absolute Gasteiger partial charge is 0.253 e. The van der Waals surface area contributed by atoms with Crippen LogP contribution in [0, 0.1) is 5.41 Å². The van der Waals surface area contributed by atoms with E-state index in [-0.39, 0.29) is 17.2 Å². The standard InChI is InChI=1S/C19H28N2O3/c1-5-24-16-9-7-15(8-10-16)17(22)20-11-6-12-21(14-13-20)18(23)19(2,3)4/h7-10H,5-6,11-14H2,1-4H3. The summed E-state index contributed by atoms with van der Waals surface area (Å²) >= 11 is 0. The molecule has 1 fully saturated rings. The van der Waals surface area contributed by atoms with E-state index < -0.39 is 0 Å². The van der Waals surface area contributed by atoms with E-state index in [9.17, 15) is 9.59 Å². The topological polar surface area (TPSA) is 49.9 Å². The molecule has 1 aliphatic rings. The summed E-state index contributed by atoms with van der Waals surface area (Å²) in [6.07, 6.45) is 0.810.